The highest BCUT2D eigenvalue weighted by Crippen LogP contribution is 2.64. The summed E-state index contributed by atoms with van der Waals surface area (Å²) in [6.45, 7) is 0. The number of rotatable bonds is 2. The van der Waals surface area contributed by atoms with Crippen LogP contribution in [0.15, 0.2) is 97.1 Å². The van der Waals surface area contributed by atoms with Crippen molar-refractivity contribution in [2.45, 2.75) is 11.1 Å². The maximum atomic E-state index is 6.41. The second kappa shape index (κ2) is 6.28. The maximum Gasteiger partial charge on any atom is 0.122 e. The highest BCUT2D eigenvalue weighted by Gasteiger charge is 2.65. The molecule has 0 bridgehead atoms. The monoisotopic (exact) mass is 428 g/mol. The number of benzene rings is 4. The standard InChI is InChI=1S/C26H18Cl2N2/c27-19-11-13-21-23(15-19)30-26(18-9-5-2-6-10-18)22-14-12-20(28)16-24(22)29-25(21,26)17-7-3-1-4-8-17/h1-16,29-30H/t25-,26-/m1/s1. The summed E-state index contributed by atoms with van der Waals surface area (Å²) in [5, 5.41) is 9.21. The van der Waals surface area contributed by atoms with E-state index in [-0.39, 0.29) is 0 Å². The lowest BCUT2D eigenvalue weighted by molar-refractivity contribution is 0.439. The van der Waals surface area contributed by atoms with Crippen molar-refractivity contribution in [2.24, 2.45) is 0 Å². The molecule has 2 N–H and O–H groups in total. The van der Waals surface area contributed by atoms with Crippen LogP contribution in [0.5, 0.6) is 0 Å². The zero-order valence-corrected chi connectivity index (χ0v) is 17.5. The number of nitrogens with one attached hydrogen (secondary N) is 2. The average molecular weight is 429 g/mol. The molecule has 0 spiro atoms. The first kappa shape index (κ1) is 17.9. The molecule has 0 amide bonds. The lowest BCUT2D eigenvalue weighted by Crippen LogP contribution is -2.51. The molecule has 4 aromatic rings. The smallest absolute Gasteiger partial charge is 0.122 e. The number of fused-ring (bicyclic) bond motifs is 5. The summed E-state index contributed by atoms with van der Waals surface area (Å²) in [6, 6.07) is 33.4. The third-order valence-corrected chi connectivity index (χ3v) is 6.86. The summed E-state index contributed by atoms with van der Waals surface area (Å²) in [7, 11) is 0. The van der Waals surface area contributed by atoms with E-state index >= 15 is 0 Å². The molecule has 0 saturated heterocycles. The van der Waals surface area contributed by atoms with Crippen LogP contribution in [0.2, 0.25) is 10.0 Å². The van der Waals surface area contributed by atoms with Gasteiger partial charge >= 0.3 is 0 Å². The first-order chi connectivity index (χ1) is 14.6. The highest BCUT2D eigenvalue weighted by atomic mass is 35.5. The first-order valence-electron chi connectivity index (χ1n) is 9.93. The van der Waals surface area contributed by atoms with E-state index in [1.54, 1.807) is 0 Å². The number of anilines is 2. The molecular weight excluding hydrogens is 411 g/mol. The summed E-state index contributed by atoms with van der Waals surface area (Å²) in [4.78, 5) is 0. The summed E-state index contributed by atoms with van der Waals surface area (Å²) < 4.78 is 0. The van der Waals surface area contributed by atoms with E-state index in [4.69, 9.17) is 23.2 Å². The molecule has 2 atom stereocenters. The molecular formula is C26H18Cl2N2. The molecule has 30 heavy (non-hydrogen) atoms. The predicted molar refractivity (Wildman–Crippen MR) is 125 cm³/mol. The quantitative estimate of drug-likeness (QED) is 0.357. The van der Waals surface area contributed by atoms with Gasteiger partial charge in [-0.1, -0.05) is 96.0 Å². The van der Waals surface area contributed by atoms with Crippen LogP contribution in [0, 0.1) is 0 Å². The van der Waals surface area contributed by atoms with Crippen LogP contribution in [-0.4, -0.2) is 0 Å². The van der Waals surface area contributed by atoms with Gasteiger partial charge in [0.1, 0.15) is 11.1 Å². The molecule has 0 unspecified atom stereocenters. The van der Waals surface area contributed by atoms with E-state index in [2.05, 4.69) is 83.4 Å². The molecule has 2 aliphatic rings. The van der Waals surface area contributed by atoms with E-state index in [1.807, 2.05) is 24.3 Å². The van der Waals surface area contributed by atoms with Crippen LogP contribution >= 0.6 is 23.2 Å². The Kier molecular flexibility index (Phi) is 3.74. The molecule has 4 aromatic carbocycles. The lowest BCUT2D eigenvalue weighted by atomic mass is 9.66. The van der Waals surface area contributed by atoms with Crippen molar-refractivity contribution in [1.29, 1.82) is 0 Å². The van der Waals surface area contributed by atoms with Crippen LogP contribution in [0.4, 0.5) is 11.4 Å². The molecule has 0 aliphatic carbocycles. The van der Waals surface area contributed by atoms with Gasteiger partial charge in [0.2, 0.25) is 0 Å². The minimum Gasteiger partial charge on any atom is -0.369 e. The Morgan fingerprint density at radius 3 is 1.30 bits per heavy atom. The normalized spacial score (nSPS) is 23.1. The topological polar surface area (TPSA) is 24.1 Å². The van der Waals surface area contributed by atoms with Gasteiger partial charge in [-0.05, 0) is 35.4 Å². The van der Waals surface area contributed by atoms with E-state index in [0.717, 1.165) is 22.5 Å². The van der Waals surface area contributed by atoms with Gasteiger partial charge in [0.25, 0.3) is 0 Å². The van der Waals surface area contributed by atoms with Crippen molar-refractivity contribution < 1.29 is 0 Å². The third kappa shape index (κ3) is 2.15. The van der Waals surface area contributed by atoms with Gasteiger partial charge in [-0.3, -0.25) is 0 Å². The molecule has 2 heterocycles. The van der Waals surface area contributed by atoms with E-state index in [1.165, 1.54) is 11.1 Å². The molecule has 2 nitrogen and oxygen atoms in total. The maximum absolute atomic E-state index is 6.41. The molecule has 0 aromatic heterocycles. The summed E-state index contributed by atoms with van der Waals surface area (Å²) in [6.07, 6.45) is 0. The van der Waals surface area contributed by atoms with Crippen LogP contribution in [0.25, 0.3) is 0 Å². The van der Waals surface area contributed by atoms with Crippen molar-refractivity contribution >= 4 is 34.6 Å². The zero-order valence-electron chi connectivity index (χ0n) is 16.0. The number of hydrogen-bond acceptors (Lipinski definition) is 2. The Morgan fingerprint density at radius 2 is 0.900 bits per heavy atom. The predicted octanol–water partition coefficient (Wildman–Crippen LogP) is 7.03. The summed E-state index contributed by atoms with van der Waals surface area (Å²) in [5.74, 6) is 0. The van der Waals surface area contributed by atoms with Crippen LogP contribution < -0.4 is 10.6 Å². The second-order valence-corrected chi connectivity index (χ2v) is 8.73. The van der Waals surface area contributed by atoms with Crippen LogP contribution in [-0.2, 0) is 11.1 Å². The van der Waals surface area contributed by atoms with Gasteiger partial charge in [0.15, 0.2) is 0 Å². The van der Waals surface area contributed by atoms with Gasteiger partial charge < -0.3 is 10.6 Å². The number of halogens is 2. The van der Waals surface area contributed by atoms with Gasteiger partial charge in [-0.15, -0.1) is 0 Å². The van der Waals surface area contributed by atoms with Crippen molar-refractivity contribution in [1.82, 2.24) is 0 Å². The SMILES string of the molecule is Clc1ccc2c(c1)N[C@]1(c3ccccc3)c3ccc(Cl)cc3N[C@]21c1ccccc1. The van der Waals surface area contributed by atoms with Gasteiger partial charge in [-0.2, -0.15) is 0 Å². The number of hydrogen-bond donors (Lipinski definition) is 2. The Morgan fingerprint density at radius 1 is 0.500 bits per heavy atom. The van der Waals surface area contributed by atoms with Gasteiger partial charge in [0.05, 0.1) is 0 Å². The molecule has 2 aliphatic heterocycles. The summed E-state index contributed by atoms with van der Waals surface area (Å²) in [5.41, 5.74) is 5.63. The van der Waals surface area contributed by atoms with E-state index in [0.29, 0.717) is 10.0 Å². The first-order valence-corrected chi connectivity index (χ1v) is 10.7. The largest absolute Gasteiger partial charge is 0.369 e. The van der Waals surface area contributed by atoms with E-state index < -0.39 is 11.1 Å². The van der Waals surface area contributed by atoms with Gasteiger partial charge in [0, 0.05) is 32.5 Å². The lowest BCUT2D eigenvalue weighted by Gasteiger charge is -2.42. The highest BCUT2D eigenvalue weighted by molar-refractivity contribution is 6.31. The minimum atomic E-state index is -0.553. The van der Waals surface area contributed by atoms with Crippen LogP contribution in [0.3, 0.4) is 0 Å². The fraction of sp³-hybridized carbons (Fsp3) is 0.0769. The fourth-order valence-corrected chi connectivity index (χ4v) is 5.63. The Bertz CT molecular complexity index is 1170. The minimum absolute atomic E-state index is 0.553. The Balaban J connectivity index is 1.78. The zero-order chi connectivity index (χ0) is 20.3. The molecule has 6 rings (SSSR count). The fourth-order valence-electron chi connectivity index (χ4n) is 5.29. The molecule has 0 radical (unpaired) electrons. The molecule has 0 fully saturated rings. The van der Waals surface area contributed by atoms with E-state index in [9.17, 15) is 0 Å². The molecule has 4 heteroatoms. The summed E-state index contributed by atoms with van der Waals surface area (Å²) >= 11 is 12.8. The molecule has 146 valence electrons. The van der Waals surface area contributed by atoms with Crippen molar-refractivity contribution in [3.63, 3.8) is 0 Å². The van der Waals surface area contributed by atoms with Crippen LogP contribution in [0.1, 0.15) is 22.3 Å². The Hall–Kier alpha value is -2.94. The second-order valence-electron chi connectivity index (χ2n) is 7.86. The third-order valence-electron chi connectivity index (χ3n) is 6.39. The van der Waals surface area contributed by atoms with Crippen molar-refractivity contribution in [2.75, 3.05) is 10.6 Å². The van der Waals surface area contributed by atoms with Gasteiger partial charge in [-0.25, -0.2) is 0 Å². The Labute approximate surface area is 185 Å². The van der Waals surface area contributed by atoms with Crippen molar-refractivity contribution in [3.05, 3.63) is 129 Å². The average Bonchev–Trinajstić information content (AvgIpc) is 3.21. The van der Waals surface area contributed by atoms with Crippen molar-refractivity contribution in [3.8, 4) is 0 Å². The molecule has 0 saturated carbocycles.